The molecule has 3 unspecified atom stereocenters. The van der Waals surface area contributed by atoms with Gasteiger partial charge in [0.1, 0.15) is 12.2 Å². The highest BCUT2D eigenvalue weighted by molar-refractivity contribution is 5.85. The van der Waals surface area contributed by atoms with Crippen LogP contribution in [0.2, 0.25) is 0 Å². The van der Waals surface area contributed by atoms with Gasteiger partial charge in [0, 0.05) is 12.8 Å². The van der Waals surface area contributed by atoms with E-state index in [0.717, 1.165) is 5.56 Å². The van der Waals surface area contributed by atoms with E-state index in [2.05, 4.69) is 0 Å². The minimum atomic E-state index is -0.778. The first-order chi connectivity index (χ1) is 12.6. The SMILES string of the molecule is CCC1C(=O)N(OCc2ccccc2)C1CC1(CC(=O)OC)CCOO1. The summed E-state index contributed by atoms with van der Waals surface area (Å²) in [6.07, 6.45) is 1.86. The molecular formula is C19H25NO6. The quantitative estimate of drug-likeness (QED) is 0.401. The lowest BCUT2D eigenvalue weighted by atomic mass is 9.78. The summed E-state index contributed by atoms with van der Waals surface area (Å²) in [5.41, 5.74) is 0.212. The van der Waals surface area contributed by atoms with E-state index in [0.29, 0.717) is 32.5 Å². The van der Waals surface area contributed by atoms with Gasteiger partial charge < -0.3 is 4.74 Å². The molecule has 0 spiro atoms. The van der Waals surface area contributed by atoms with Crippen molar-refractivity contribution in [1.29, 1.82) is 0 Å². The molecule has 3 rings (SSSR count). The van der Waals surface area contributed by atoms with E-state index in [9.17, 15) is 9.59 Å². The summed E-state index contributed by atoms with van der Waals surface area (Å²) in [4.78, 5) is 40.5. The van der Waals surface area contributed by atoms with Crippen LogP contribution in [0, 0.1) is 5.92 Å². The number of hydrogen-bond donors (Lipinski definition) is 0. The molecule has 142 valence electrons. The van der Waals surface area contributed by atoms with Crippen LogP contribution in [0.5, 0.6) is 0 Å². The molecule has 1 aromatic carbocycles. The van der Waals surface area contributed by atoms with Gasteiger partial charge in [0.2, 0.25) is 0 Å². The molecule has 7 nitrogen and oxygen atoms in total. The Balaban J connectivity index is 1.68. The maximum absolute atomic E-state index is 12.4. The summed E-state index contributed by atoms with van der Waals surface area (Å²) >= 11 is 0. The van der Waals surface area contributed by atoms with Crippen molar-refractivity contribution in [3.63, 3.8) is 0 Å². The number of ether oxygens (including phenoxy) is 1. The fourth-order valence-corrected chi connectivity index (χ4v) is 3.60. The average molecular weight is 363 g/mol. The average Bonchev–Trinajstić information content (AvgIpc) is 3.11. The standard InChI is InChI=1S/C19H25NO6/c1-3-15-16(11-19(9-10-25-26-19)12-17(21)23-2)20(18(15)22)24-13-14-7-5-4-6-8-14/h4-8,15-16H,3,9-13H2,1-2H3. The summed E-state index contributed by atoms with van der Waals surface area (Å²) in [5.74, 6) is -0.518. The van der Waals surface area contributed by atoms with Gasteiger partial charge in [-0.2, -0.15) is 0 Å². The number of hydrogen-bond acceptors (Lipinski definition) is 6. The van der Waals surface area contributed by atoms with E-state index in [1.807, 2.05) is 37.3 Å². The highest BCUT2D eigenvalue weighted by atomic mass is 17.2. The lowest BCUT2D eigenvalue weighted by Crippen LogP contribution is -2.62. The van der Waals surface area contributed by atoms with E-state index < -0.39 is 5.60 Å². The maximum Gasteiger partial charge on any atom is 0.308 e. The van der Waals surface area contributed by atoms with Gasteiger partial charge in [-0.25, -0.2) is 14.8 Å². The summed E-state index contributed by atoms with van der Waals surface area (Å²) in [6, 6.07) is 9.53. The molecule has 0 N–H and O–H groups in total. The van der Waals surface area contributed by atoms with Crippen molar-refractivity contribution in [3.8, 4) is 0 Å². The number of carbonyl (C=O) groups is 2. The van der Waals surface area contributed by atoms with Crippen LogP contribution in [0.25, 0.3) is 0 Å². The maximum atomic E-state index is 12.4. The summed E-state index contributed by atoms with van der Waals surface area (Å²) < 4.78 is 4.79. The third kappa shape index (κ3) is 3.90. The second-order valence-corrected chi connectivity index (χ2v) is 6.80. The molecule has 0 radical (unpaired) electrons. The molecular weight excluding hydrogens is 338 g/mol. The minimum Gasteiger partial charge on any atom is -0.469 e. The van der Waals surface area contributed by atoms with Crippen molar-refractivity contribution >= 4 is 11.9 Å². The number of hydroxylamine groups is 2. The number of carbonyl (C=O) groups excluding carboxylic acids is 2. The summed E-state index contributed by atoms with van der Waals surface area (Å²) in [5, 5.41) is 1.43. The molecule has 2 heterocycles. The molecule has 0 bridgehead atoms. The van der Waals surface area contributed by atoms with Crippen LogP contribution >= 0.6 is 0 Å². The largest absolute Gasteiger partial charge is 0.469 e. The van der Waals surface area contributed by atoms with Gasteiger partial charge in [0.15, 0.2) is 0 Å². The van der Waals surface area contributed by atoms with E-state index in [-0.39, 0.29) is 30.3 Å². The molecule has 2 fully saturated rings. The Kier molecular flexibility index (Phi) is 5.90. The van der Waals surface area contributed by atoms with Gasteiger partial charge in [0.05, 0.1) is 32.1 Å². The van der Waals surface area contributed by atoms with Crippen LogP contribution in [0.15, 0.2) is 30.3 Å². The smallest absolute Gasteiger partial charge is 0.308 e. The molecule has 2 saturated heterocycles. The molecule has 0 saturated carbocycles. The van der Waals surface area contributed by atoms with Crippen molar-refractivity contribution in [2.45, 2.75) is 50.9 Å². The predicted molar refractivity (Wildman–Crippen MR) is 91.3 cm³/mol. The zero-order valence-electron chi connectivity index (χ0n) is 15.2. The zero-order chi connectivity index (χ0) is 18.6. The number of rotatable bonds is 8. The summed E-state index contributed by atoms with van der Waals surface area (Å²) in [7, 11) is 1.35. The fraction of sp³-hybridized carbons (Fsp3) is 0.579. The molecule has 2 aliphatic heterocycles. The molecule has 3 atom stereocenters. The highest BCUT2D eigenvalue weighted by Gasteiger charge is 2.53. The molecule has 1 aromatic rings. The Morgan fingerprint density at radius 1 is 1.35 bits per heavy atom. The van der Waals surface area contributed by atoms with E-state index >= 15 is 0 Å². The summed E-state index contributed by atoms with van der Waals surface area (Å²) in [6.45, 7) is 2.71. The van der Waals surface area contributed by atoms with Crippen molar-refractivity contribution in [1.82, 2.24) is 5.06 Å². The van der Waals surface area contributed by atoms with Crippen molar-refractivity contribution < 1.29 is 28.9 Å². The van der Waals surface area contributed by atoms with Gasteiger partial charge in [-0.05, 0) is 12.0 Å². The number of β-lactam (4-membered cyclic amide) rings is 1. The van der Waals surface area contributed by atoms with Gasteiger partial charge >= 0.3 is 5.97 Å². The first-order valence-corrected chi connectivity index (χ1v) is 8.96. The highest BCUT2D eigenvalue weighted by Crippen LogP contribution is 2.41. The fourth-order valence-electron chi connectivity index (χ4n) is 3.60. The second-order valence-electron chi connectivity index (χ2n) is 6.80. The van der Waals surface area contributed by atoms with Crippen LogP contribution < -0.4 is 0 Å². The third-order valence-electron chi connectivity index (χ3n) is 5.11. The number of esters is 1. The first kappa shape index (κ1) is 18.8. The number of nitrogens with zero attached hydrogens (tertiary/aromatic N) is 1. The third-order valence-corrected chi connectivity index (χ3v) is 5.11. The second kappa shape index (κ2) is 8.16. The van der Waals surface area contributed by atoms with Crippen LogP contribution in [0.4, 0.5) is 0 Å². The van der Waals surface area contributed by atoms with E-state index in [1.54, 1.807) is 0 Å². The number of amides is 1. The lowest BCUT2D eigenvalue weighted by Gasteiger charge is -2.47. The molecule has 1 amide bonds. The Morgan fingerprint density at radius 2 is 2.12 bits per heavy atom. The Bertz CT molecular complexity index is 628. The van der Waals surface area contributed by atoms with Gasteiger partial charge in [0.25, 0.3) is 5.91 Å². The number of benzene rings is 1. The first-order valence-electron chi connectivity index (χ1n) is 8.96. The Hall–Kier alpha value is -1.96. The Labute approximate surface area is 153 Å². The molecule has 2 aliphatic rings. The molecule has 0 aromatic heterocycles. The van der Waals surface area contributed by atoms with Crippen LogP contribution in [0.3, 0.4) is 0 Å². The molecule has 26 heavy (non-hydrogen) atoms. The van der Waals surface area contributed by atoms with Crippen molar-refractivity contribution in [2.75, 3.05) is 13.7 Å². The van der Waals surface area contributed by atoms with Crippen LogP contribution in [-0.2, 0) is 35.5 Å². The van der Waals surface area contributed by atoms with Crippen LogP contribution in [-0.4, -0.2) is 42.3 Å². The van der Waals surface area contributed by atoms with Crippen LogP contribution in [0.1, 0.15) is 38.2 Å². The topological polar surface area (TPSA) is 74.3 Å². The molecule has 0 aliphatic carbocycles. The lowest BCUT2D eigenvalue weighted by molar-refractivity contribution is -0.322. The zero-order valence-corrected chi connectivity index (χ0v) is 15.2. The van der Waals surface area contributed by atoms with E-state index in [4.69, 9.17) is 19.3 Å². The normalized spacial score (nSPS) is 28.1. The van der Waals surface area contributed by atoms with E-state index in [1.165, 1.54) is 12.2 Å². The number of methoxy groups -OCH3 is 1. The predicted octanol–water partition coefficient (Wildman–Crippen LogP) is 2.40. The monoisotopic (exact) mass is 363 g/mol. The molecule has 7 heteroatoms. The van der Waals surface area contributed by atoms with Gasteiger partial charge in [-0.15, -0.1) is 0 Å². The van der Waals surface area contributed by atoms with Gasteiger partial charge in [-0.3, -0.25) is 14.4 Å². The Morgan fingerprint density at radius 3 is 2.73 bits per heavy atom. The minimum absolute atomic E-state index is 0.0273. The van der Waals surface area contributed by atoms with Gasteiger partial charge in [-0.1, -0.05) is 37.3 Å². The van der Waals surface area contributed by atoms with Crippen molar-refractivity contribution in [2.24, 2.45) is 5.92 Å². The van der Waals surface area contributed by atoms with Crippen molar-refractivity contribution in [3.05, 3.63) is 35.9 Å².